The van der Waals surface area contributed by atoms with E-state index in [1.807, 2.05) is 17.0 Å². The van der Waals surface area contributed by atoms with E-state index in [0.29, 0.717) is 12.5 Å². The highest BCUT2D eigenvalue weighted by Gasteiger charge is 2.26. The van der Waals surface area contributed by atoms with Crippen LogP contribution in [0.15, 0.2) is 18.2 Å². The van der Waals surface area contributed by atoms with Gasteiger partial charge in [-0.3, -0.25) is 9.69 Å². The number of aryl methyl sites for hydroxylation is 1. The van der Waals surface area contributed by atoms with Crippen LogP contribution in [0.4, 0.5) is 5.69 Å². The maximum atomic E-state index is 12.7. The van der Waals surface area contributed by atoms with E-state index >= 15 is 0 Å². The second-order valence-corrected chi connectivity index (χ2v) is 6.63. The van der Waals surface area contributed by atoms with Gasteiger partial charge in [0.25, 0.3) is 0 Å². The molecule has 0 radical (unpaired) electrons. The lowest BCUT2D eigenvalue weighted by atomic mass is 9.99. The average molecular weight is 302 g/mol. The SMILES string of the molecule is COc1ccc2c(c1)CCCN2C(=O)CN1CCCC(C)C1. The molecule has 0 N–H and O–H groups in total. The van der Waals surface area contributed by atoms with Gasteiger partial charge in [-0.05, 0) is 61.9 Å². The zero-order valence-electron chi connectivity index (χ0n) is 13.7. The first kappa shape index (κ1) is 15.3. The van der Waals surface area contributed by atoms with E-state index in [-0.39, 0.29) is 5.91 Å². The first-order chi connectivity index (χ1) is 10.7. The molecule has 0 spiro atoms. The number of hydrogen-bond donors (Lipinski definition) is 0. The second kappa shape index (κ2) is 6.69. The summed E-state index contributed by atoms with van der Waals surface area (Å²) < 4.78 is 5.30. The van der Waals surface area contributed by atoms with Gasteiger partial charge in [0, 0.05) is 18.8 Å². The van der Waals surface area contributed by atoms with Crippen molar-refractivity contribution in [2.75, 3.05) is 38.2 Å². The molecule has 1 amide bonds. The number of carbonyl (C=O) groups excluding carboxylic acids is 1. The summed E-state index contributed by atoms with van der Waals surface area (Å²) in [6, 6.07) is 6.05. The normalized spacial score (nSPS) is 22.3. The smallest absolute Gasteiger partial charge is 0.241 e. The molecule has 2 heterocycles. The fraction of sp³-hybridized carbons (Fsp3) is 0.611. The molecule has 1 saturated heterocycles. The Morgan fingerprint density at radius 1 is 1.32 bits per heavy atom. The molecule has 1 unspecified atom stereocenters. The lowest BCUT2D eigenvalue weighted by Gasteiger charge is -2.34. The lowest BCUT2D eigenvalue weighted by Crippen LogP contribution is -2.45. The number of benzene rings is 1. The molecule has 1 fully saturated rings. The molecule has 0 saturated carbocycles. The predicted molar refractivity (Wildman–Crippen MR) is 88.5 cm³/mol. The molecule has 1 aromatic carbocycles. The highest BCUT2D eigenvalue weighted by Crippen LogP contribution is 2.30. The Kier molecular flexibility index (Phi) is 4.67. The molecule has 120 valence electrons. The van der Waals surface area contributed by atoms with Crippen LogP contribution in [0.1, 0.15) is 31.7 Å². The Morgan fingerprint density at radius 3 is 2.95 bits per heavy atom. The third-order valence-electron chi connectivity index (χ3n) is 4.81. The van der Waals surface area contributed by atoms with Crippen molar-refractivity contribution >= 4 is 11.6 Å². The third-order valence-corrected chi connectivity index (χ3v) is 4.81. The van der Waals surface area contributed by atoms with Crippen molar-refractivity contribution < 1.29 is 9.53 Å². The van der Waals surface area contributed by atoms with Gasteiger partial charge in [-0.1, -0.05) is 6.92 Å². The Labute approximate surface area is 133 Å². The maximum Gasteiger partial charge on any atom is 0.241 e. The molecule has 3 rings (SSSR count). The molecule has 0 bridgehead atoms. The van der Waals surface area contributed by atoms with Gasteiger partial charge in [-0.2, -0.15) is 0 Å². The zero-order valence-corrected chi connectivity index (χ0v) is 13.7. The van der Waals surface area contributed by atoms with E-state index in [2.05, 4.69) is 17.9 Å². The topological polar surface area (TPSA) is 32.8 Å². The predicted octanol–water partition coefficient (Wildman–Crippen LogP) is 2.71. The summed E-state index contributed by atoms with van der Waals surface area (Å²) in [6.07, 6.45) is 4.55. The summed E-state index contributed by atoms with van der Waals surface area (Å²) in [5.41, 5.74) is 2.30. The molecule has 1 aromatic rings. The largest absolute Gasteiger partial charge is 0.497 e. The minimum Gasteiger partial charge on any atom is -0.497 e. The molecular weight excluding hydrogens is 276 g/mol. The molecular formula is C18H26N2O2. The van der Waals surface area contributed by atoms with Crippen LogP contribution in [0.3, 0.4) is 0 Å². The lowest BCUT2D eigenvalue weighted by molar-refractivity contribution is -0.120. The number of anilines is 1. The summed E-state index contributed by atoms with van der Waals surface area (Å²) in [5, 5.41) is 0. The van der Waals surface area contributed by atoms with Crippen molar-refractivity contribution in [2.24, 2.45) is 5.92 Å². The summed E-state index contributed by atoms with van der Waals surface area (Å²) in [6.45, 7) is 5.77. The van der Waals surface area contributed by atoms with Gasteiger partial charge in [0.05, 0.1) is 13.7 Å². The fourth-order valence-corrected chi connectivity index (χ4v) is 3.67. The Balaban J connectivity index is 1.71. The minimum absolute atomic E-state index is 0.236. The van der Waals surface area contributed by atoms with Crippen LogP contribution in [-0.4, -0.2) is 44.1 Å². The van der Waals surface area contributed by atoms with Crippen LogP contribution < -0.4 is 9.64 Å². The summed E-state index contributed by atoms with van der Waals surface area (Å²) >= 11 is 0. The highest BCUT2D eigenvalue weighted by molar-refractivity contribution is 5.96. The van der Waals surface area contributed by atoms with Gasteiger partial charge in [0.1, 0.15) is 5.75 Å². The summed E-state index contributed by atoms with van der Waals surface area (Å²) in [5.74, 6) is 1.82. The number of likely N-dealkylation sites (tertiary alicyclic amines) is 1. The van der Waals surface area contributed by atoms with Crippen molar-refractivity contribution in [3.05, 3.63) is 23.8 Å². The molecule has 0 aliphatic carbocycles. The number of rotatable bonds is 3. The zero-order chi connectivity index (χ0) is 15.5. The minimum atomic E-state index is 0.236. The van der Waals surface area contributed by atoms with Gasteiger partial charge >= 0.3 is 0 Å². The third kappa shape index (κ3) is 3.27. The van der Waals surface area contributed by atoms with Gasteiger partial charge < -0.3 is 9.64 Å². The maximum absolute atomic E-state index is 12.7. The molecule has 0 aromatic heterocycles. The molecule has 22 heavy (non-hydrogen) atoms. The van der Waals surface area contributed by atoms with Crippen LogP contribution in [0.25, 0.3) is 0 Å². The molecule has 2 aliphatic rings. The first-order valence-corrected chi connectivity index (χ1v) is 8.37. The van der Waals surface area contributed by atoms with Crippen molar-refractivity contribution in [1.82, 2.24) is 4.90 Å². The number of methoxy groups -OCH3 is 1. The van der Waals surface area contributed by atoms with Gasteiger partial charge in [0.2, 0.25) is 5.91 Å². The van der Waals surface area contributed by atoms with Crippen LogP contribution in [-0.2, 0) is 11.2 Å². The molecule has 1 atom stereocenters. The van der Waals surface area contributed by atoms with Crippen LogP contribution in [0, 0.1) is 5.92 Å². The van der Waals surface area contributed by atoms with E-state index in [4.69, 9.17) is 4.74 Å². The van der Waals surface area contributed by atoms with Crippen LogP contribution in [0.2, 0.25) is 0 Å². The van der Waals surface area contributed by atoms with E-state index in [1.54, 1.807) is 7.11 Å². The number of hydrogen-bond acceptors (Lipinski definition) is 3. The standard InChI is InChI=1S/C18H26N2O2/c1-14-5-3-9-19(12-14)13-18(21)20-10-4-6-15-11-16(22-2)7-8-17(15)20/h7-8,11,14H,3-6,9-10,12-13H2,1-2H3. The number of carbonyl (C=O) groups is 1. The van der Waals surface area contributed by atoms with Crippen molar-refractivity contribution in [1.29, 1.82) is 0 Å². The Bertz CT molecular complexity index is 544. The van der Waals surface area contributed by atoms with E-state index < -0.39 is 0 Å². The van der Waals surface area contributed by atoms with Crippen LogP contribution >= 0.6 is 0 Å². The monoisotopic (exact) mass is 302 g/mol. The number of piperidine rings is 1. The van der Waals surface area contributed by atoms with Crippen molar-refractivity contribution in [2.45, 2.75) is 32.6 Å². The van der Waals surface area contributed by atoms with Crippen LogP contribution in [0.5, 0.6) is 5.75 Å². The van der Waals surface area contributed by atoms with Crippen molar-refractivity contribution in [3.63, 3.8) is 0 Å². The quantitative estimate of drug-likeness (QED) is 0.860. The van der Waals surface area contributed by atoms with Crippen molar-refractivity contribution in [3.8, 4) is 5.75 Å². The molecule has 4 nitrogen and oxygen atoms in total. The second-order valence-electron chi connectivity index (χ2n) is 6.63. The van der Waals surface area contributed by atoms with E-state index in [1.165, 1.54) is 18.4 Å². The summed E-state index contributed by atoms with van der Waals surface area (Å²) in [4.78, 5) is 17.0. The number of amides is 1. The van der Waals surface area contributed by atoms with Gasteiger partial charge in [0.15, 0.2) is 0 Å². The van der Waals surface area contributed by atoms with E-state index in [9.17, 15) is 4.79 Å². The Hall–Kier alpha value is -1.55. The summed E-state index contributed by atoms with van der Waals surface area (Å²) in [7, 11) is 1.69. The number of ether oxygens (including phenoxy) is 1. The Morgan fingerprint density at radius 2 is 2.18 bits per heavy atom. The molecule has 2 aliphatic heterocycles. The van der Waals surface area contributed by atoms with Gasteiger partial charge in [-0.25, -0.2) is 0 Å². The number of nitrogens with zero attached hydrogens (tertiary/aromatic N) is 2. The van der Waals surface area contributed by atoms with Gasteiger partial charge in [-0.15, -0.1) is 0 Å². The fourth-order valence-electron chi connectivity index (χ4n) is 3.67. The highest BCUT2D eigenvalue weighted by atomic mass is 16.5. The average Bonchev–Trinajstić information content (AvgIpc) is 2.53. The number of fused-ring (bicyclic) bond motifs is 1. The van der Waals surface area contributed by atoms with E-state index in [0.717, 1.165) is 43.9 Å². The molecule has 4 heteroatoms. The first-order valence-electron chi connectivity index (χ1n) is 8.37.